The third kappa shape index (κ3) is 3.08. The van der Waals surface area contributed by atoms with E-state index in [1.807, 2.05) is 6.07 Å². The first-order valence-corrected chi connectivity index (χ1v) is 9.54. The van der Waals surface area contributed by atoms with Crippen molar-refractivity contribution in [1.82, 2.24) is 14.5 Å². The minimum Gasteiger partial charge on any atom is -0.355 e. The Morgan fingerprint density at radius 3 is 2.88 bits per heavy atom. The molecule has 138 valence electrons. The van der Waals surface area contributed by atoms with Crippen LogP contribution in [-0.2, 0) is 0 Å². The fourth-order valence-electron chi connectivity index (χ4n) is 4.63. The van der Waals surface area contributed by atoms with Crippen LogP contribution in [0.1, 0.15) is 50.8 Å². The van der Waals surface area contributed by atoms with Gasteiger partial charge < -0.3 is 14.5 Å². The Balaban J connectivity index is 1.72. The maximum absolute atomic E-state index is 12.6. The van der Waals surface area contributed by atoms with Crippen LogP contribution in [0.25, 0.3) is 0 Å². The second-order valence-corrected chi connectivity index (χ2v) is 8.06. The Kier molecular flexibility index (Phi) is 4.42. The number of pyridine rings is 1. The molecule has 2 aromatic heterocycles. The number of hydrogen-bond donors (Lipinski definition) is 1. The smallest absolute Gasteiger partial charge is 0.252 e. The summed E-state index contributed by atoms with van der Waals surface area (Å²) in [6.07, 6.45) is 4.70. The zero-order chi connectivity index (χ0) is 18.3. The lowest BCUT2D eigenvalue weighted by Gasteiger charge is -2.47. The molecule has 4 rings (SSSR count). The highest BCUT2D eigenvalue weighted by Gasteiger charge is 2.40. The third-order valence-electron chi connectivity index (χ3n) is 5.83. The van der Waals surface area contributed by atoms with Crippen LogP contribution in [0.4, 0.5) is 5.82 Å². The molecule has 6 nitrogen and oxygen atoms in total. The molecule has 0 saturated carbocycles. The molecule has 4 heterocycles. The molecule has 0 unspecified atom stereocenters. The van der Waals surface area contributed by atoms with Crippen LogP contribution in [0.5, 0.6) is 0 Å². The molecule has 3 atom stereocenters. The maximum atomic E-state index is 12.6. The van der Waals surface area contributed by atoms with Crippen molar-refractivity contribution < 1.29 is 0 Å². The Labute approximate surface area is 152 Å². The molecule has 2 aliphatic heterocycles. The summed E-state index contributed by atoms with van der Waals surface area (Å²) >= 11 is 0. The van der Waals surface area contributed by atoms with Gasteiger partial charge in [-0.15, -0.1) is 0 Å². The molecule has 0 aliphatic carbocycles. The van der Waals surface area contributed by atoms with E-state index in [2.05, 4.69) is 39.3 Å². The predicted octanol–water partition coefficient (Wildman–Crippen LogP) is 2.53. The lowest BCUT2D eigenvalue weighted by molar-refractivity contribution is 0.194. The van der Waals surface area contributed by atoms with Crippen LogP contribution in [-0.4, -0.2) is 27.6 Å². The van der Waals surface area contributed by atoms with E-state index in [0.717, 1.165) is 43.9 Å². The van der Waals surface area contributed by atoms with Crippen LogP contribution in [0.15, 0.2) is 40.2 Å². The average molecular weight is 354 g/mol. The zero-order valence-corrected chi connectivity index (χ0v) is 15.4. The molecular formula is C20H26N4O2. The van der Waals surface area contributed by atoms with Gasteiger partial charge in [0.2, 0.25) is 0 Å². The number of aromatic nitrogens is 3. The summed E-state index contributed by atoms with van der Waals surface area (Å²) in [4.78, 5) is 33.5. The maximum Gasteiger partial charge on any atom is 0.252 e. The minimum atomic E-state index is -0.126. The molecular weight excluding hydrogens is 328 g/mol. The normalized spacial score (nSPS) is 24.6. The van der Waals surface area contributed by atoms with Crippen molar-refractivity contribution in [3.8, 4) is 0 Å². The van der Waals surface area contributed by atoms with E-state index in [4.69, 9.17) is 0 Å². The Bertz CT molecular complexity index is 901. The van der Waals surface area contributed by atoms with E-state index < -0.39 is 0 Å². The summed E-state index contributed by atoms with van der Waals surface area (Å²) in [5.74, 6) is 2.06. The molecule has 2 aromatic rings. The van der Waals surface area contributed by atoms with E-state index in [0.29, 0.717) is 17.8 Å². The molecule has 0 amide bonds. The molecule has 1 fully saturated rings. The van der Waals surface area contributed by atoms with Gasteiger partial charge >= 0.3 is 0 Å². The molecule has 0 aromatic carbocycles. The Morgan fingerprint density at radius 1 is 1.27 bits per heavy atom. The van der Waals surface area contributed by atoms with E-state index in [1.165, 1.54) is 6.33 Å². The number of fused-ring (bicyclic) bond motifs is 4. The lowest BCUT2D eigenvalue weighted by Crippen LogP contribution is -2.50. The van der Waals surface area contributed by atoms with Gasteiger partial charge in [-0.2, -0.15) is 0 Å². The first-order chi connectivity index (χ1) is 12.5. The molecule has 2 bridgehead atoms. The van der Waals surface area contributed by atoms with E-state index in [-0.39, 0.29) is 17.2 Å². The van der Waals surface area contributed by atoms with Gasteiger partial charge in [0.15, 0.2) is 0 Å². The summed E-state index contributed by atoms with van der Waals surface area (Å²) in [7, 11) is 0. The second kappa shape index (κ2) is 6.74. The van der Waals surface area contributed by atoms with Crippen LogP contribution in [0.3, 0.4) is 0 Å². The highest BCUT2D eigenvalue weighted by Crippen LogP contribution is 2.43. The second-order valence-electron chi connectivity index (χ2n) is 8.06. The quantitative estimate of drug-likeness (QED) is 0.916. The van der Waals surface area contributed by atoms with Gasteiger partial charge in [-0.25, -0.2) is 4.98 Å². The average Bonchev–Trinajstić information content (AvgIpc) is 2.62. The number of H-pyrrole nitrogens is 1. The molecule has 2 aliphatic rings. The first-order valence-electron chi connectivity index (χ1n) is 9.54. The van der Waals surface area contributed by atoms with Crippen molar-refractivity contribution in [2.24, 2.45) is 11.8 Å². The molecule has 0 spiro atoms. The van der Waals surface area contributed by atoms with Crippen molar-refractivity contribution in [2.75, 3.05) is 18.0 Å². The summed E-state index contributed by atoms with van der Waals surface area (Å²) in [6.45, 7) is 6.10. The van der Waals surface area contributed by atoms with Crippen molar-refractivity contribution in [3.05, 3.63) is 57.0 Å². The van der Waals surface area contributed by atoms with E-state index >= 15 is 0 Å². The number of hydrogen-bond acceptors (Lipinski definition) is 4. The van der Waals surface area contributed by atoms with Gasteiger partial charge in [-0.3, -0.25) is 9.59 Å². The van der Waals surface area contributed by atoms with E-state index in [1.54, 1.807) is 12.1 Å². The van der Waals surface area contributed by atoms with Crippen molar-refractivity contribution >= 4 is 5.82 Å². The van der Waals surface area contributed by atoms with Crippen LogP contribution < -0.4 is 16.0 Å². The zero-order valence-electron chi connectivity index (χ0n) is 15.4. The largest absolute Gasteiger partial charge is 0.355 e. The highest BCUT2D eigenvalue weighted by atomic mass is 16.1. The van der Waals surface area contributed by atoms with Crippen LogP contribution >= 0.6 is 0 Å². The molecule has 0 radical (unpaired) electrons. The van der Waals surface area contributed by atoms with Crippen LogP contribution in [0.2, 0.25) is 0 Å². The van der Waals surface area contributed by atoms with Gasteiger partial charge in [0.05, 0.1) is 6.33 Å². The molecule has 26 heavy (non-hydrogen) atoms. The monoisotopic (exact) mass is 354 g/mol. The number of anilines is 1. The molecule has 1 saturated heterocycles. The molecule has 1 N–H and O–H groups in total. The van der Waals surface area contributed by atoms with Gasteiger partial charge in [0.1, 0.15) is 5.82 Å². The van der Waals surface area contributed by atoms with Gasteiger partial charge in [0.25, 0.3) is 11.1 Å². The van der Waals surface area contributed by atoms with Crippen molar-refractivity contribution in [1.29, 1.82) is 0 Å². The number of nitrogens with zero attached hydrogens (tertiary/aromatic N) is 3. The fraction of sp³-hybridized carbons (Fsp3) is 0.550. The third-order valence-corrected chi connectivity index (χ3v) is 5.83. The number of nitrogens with one attached hydrogen (secondary N) is 1. The highest BCUT2D eigenvalue weighted by molar-refractivity contribution is 5.39. The Morgan fingerprint density at radius 2 is 2.12 bits per heavy atom. The number of rotatable bonds is 4. The van der Waals surface area contributed by atoms with Gasteiger partial charge in [-0.1, -0.05) is 19.9 Å². The lowest BCUT2D eigenvalue weighted by atomic mass is 9.76. The van der Waals surface area contributed by atoms with E-state index in [9.17, 15) is 9.59 Å². The molecule has 6 heteroatoms. The summed E-state index contributed by atoms with van der Waals surface area (Å²) in [5.41, 5.74) is 1.13. The predicted molar refractivity (Wildman–Crippen MR) is 102 cm³/mol. The van der Waals surface area contributed by atoms with Crippen LogP contribution in [0, 0.1) is 11.8 Å². The minimum absolute atomic E-state index is 0.119. The summed E-state index contributed by atoms with van der Waals surface area (Å²) in [5, 5.41) is 0. The summed E-state index contributed by atoms with van der Waals surface area (Å²) in [6, 6.07) is 7.45. The van der Waals surface area contributed by atoms with Crippen molar-refractivity contribution in [2.45, 2.75) is 45.1 Å². The topological polar surface area (TPSA) is 71.0 Å². The number of piperidine rings is 1. The standard InChI is InChI=1S/C20H26N4O2/c1-13(2)6-7-17-15-8-14(16-4-3-5-20(26)24(16)17)10-23(11-15)18-9-19(25)22-12-21-18/h3-5,9,12-15,17H,6-8,10-11H2,1-2H3,(H,21,22,25)/t14-,15+,17+/m1/s1. The SMILES string of the molecule is CC(C)CC[C@H]1[C@H]2C[C@H](CN(c3cc(=O)[nH]cn3)C2)c2cccc(=O)n21. The van der Waals surface area contributed by atoms with Gasteiger partial charge in [0, 0.05) is 42.9 Å². The van der Waals surface area contributed by atoms with Gasteiger partial charge in [-0.05, 0) is 37.2 Å². The first kappa shape index (κ1) is 17.1. The Hall–Kier alpha value is -2.37. The summed E-state index contributed by atoms with van der Waals surface area (Å²) < 4.78 is 2.06. The number of aromatic amines is 1. The fourth-order valence-corrected chi connectivity index (χ4v) is 4.63. The van der Waals surface area contributed by atoms with Crippen molar-refractivity contribution in [3.63, 3.8) is 0 Å².